The maximum atomic E-state index is 11.9. The molecule has 0 spiro atoms. The smallest absolute Gasteiger partial charge is 0.266 e. The molecule has 94 valence electrons. The average Bonchev–Trinajstić information content (AvgIpc) is 2.91. The van der Waals surface area contributed by atoms with Crippen LogP contribution in [0.4, 0.5) is 5.69 Å². The van der Waals surface area contributed by atoms with Crippen LogP contribution in [0.2, 0.25) is 5.02 Å². The number of halogens is 1. The Morgan fingerprint density at radius 2 is 2.11 bits per heavy atom. The van der Waals surface area contributed by atoms with Gasteiger partial charge < -0.3 is 9.73 Å². The number of nitriles is 1. The first kappa shape index (κ1) is 12.9. The van der Waals surface area contributed by atoms with Crippen molar-refractivity contribution in [3.8, 4) is 6.07 Å². The number of furan rings is 1. The molecule has 2 aromatic rings. The van der Waals surface area contributed by atoms with Gasteiger partial charge in [-0.3, -0.25) is 4.79 Å². The first-order chi connectivity index (χ1) is 9.20. The Kier molecular flexibility index (Phi) is 4.01. The Hall–Kier alpha value is -2.51. The number of amides is 1. The van der Waals surface area contributed by atoms with E-state index in [-0.39, 0.29) is 5.57 Å². The molecule has 0 unspecified atom stereocenters. The van der Waals surface area contributed by atoms with Crippen molar-refractivity contribution >= 4 is 29.3 Å². The normalized spacial score (nSPS) is 10.8. The van der Waals surface area contributed by atoms with Gasteiger partial charge in [-0.25, -0.2) is 0 Å². The van der Waals surface area contributed by atoms with E-state index in [0.717, 1.165) is 0 Å². The highest BCUT2D eigenvalue weighted by atomic mass is 35.5. The van der Waals surface area contributed by atoms with Gasteiger partial charge in [0.05, 0.1) is 17.0 Å². The third kappa shape index (κ3) is 3.24. The summed E-state index contributed by atoms with van der Waals surface area (Å²) in [6.45, 7) is 0. The topological polar surface area (TPSA) is 66.0 Å². The predicted octanol–water partition coefficient (Wildman–Crippen LogP) is 3.48. The van der Waals surface area contributed by atoms with E-state index in [4.69, 9.17) is 21.3 Å². The van der Waals surface area contributed by atoms with Crippen molar-refractivity contribution in [3.63, 3.8) is 0 Å². The molecule has 0 saturated heterocycles. The summed E-state index contributed by atoms with van der Waals surface area (Å²) >= 11 is 5.92. The molecule has 0 bridgehead atoms. The Balaban J connectivity index is 2.19. The summed E-state index contributed by atoms with van der Waals surface area (Å²) in [5.41, 5.74) is 0.393. The number of hydrogen-bond acceptors (Lipinski definition) is 3. The number of para-hydroxylation sites is 1. The first-order valence-electron chi connectivity index (χ1n) is 5.42. The highest BCUT2D eigenvalue weighted by Gasteiger charge is 2.11. The van der Waals surface area contributed by atoms with E-state index >= 15 is 0 Å². The lowest BCUT2D eigenvalue weighted by Crippen LogP contribution is -2.13. The predicted molar refractivity (Wildman–Crippen MR) is 72.4 cm³/mol. The molecule has 0 aliphatic heterocycles. The molecule has 0 atom stereocenters. The molecule has 0 saturated carbocycles. The molecule has 4 nitrogen and oxygen atoms in total. The summed E-state index contributed by atoms with van der Waals surface area (Å²) in [4.78, 5) is 11.9. The lowest BCUT2D eigenvalue weighted by Gasteiger charge is -2.05. The number of anilines is 1. The summed E-state index contributed by atoms with van der Waals surface area (Å²) in [5, 5.41) is 12.0. The quantitative estimate of drug-likeness (QED) is 0.687. The summed E-state index contributed by atoms with van der Waals surface area (Å²) in [6, 6.07) is 12.0. The fraction of sp³-hybridized carbons (Fsp3) is 0. The number of nitrogens with zero attached hydrogens (tertiary/aromatic N) is 1. The maximum absolute atomic E-state index is 11.9. The largest absolute Gasteiger partial charge is 0.465 e. The lowest BCUT2D eigenvalue weighted by atomic mass is 10.2. The Bertz CT molecular complexity index is 654. The molecule has 1 aromatic carbocycles. The van der Waals surface area contributed by atoms with E-state index in [1.807, 2.05) is 6.07 Å². The van der Waals surface area contributed by atoms with E-state index in [1.165, 1.54) is 12.3 Å². The van der Waals surface area contributed by atoms with Crippen molar-refractivity contribution in [2.24, 2.45) is 0 Å². The van der Waals surface area contributed by atoms with Gasteiger partial charge in [0, 0.05) is 6.08 Å². The van der Waals surface area contributed by atoms with Gasteiger partial charge in [0.15, 0.2) is 0 Å². The third-order valence-electron chi connectivity index (χ3n) is 2.32. The summed E-state index contributed by atoms with van der Waals surface area (Å²) in [5.74, 6) is -0.0992. The van der Waals surface area contributed by atoms with Gasteiger partial charge in [-0.05, 0) is 24.3 Å². The molecule has 5 heteroatoms. The second-order valence-electron chi connectivity index (χ2n) is 3.62. The molecule has 1 amide bonds. The molecular formula is C14H9ClN2O2. The van der Waals surface area contributed by atoms with Gasteiger partial charge in [0.2, 0.25) is 0 Å². The maximum Gasteiger partial charge on any atom is 0.266 e. The minimum Gasteiger partial charge on any atom is -0.465 e. The Morgan fingerprint density at radius 3 is 2.74 bits per heavy atom. The number of benzene rings is 1. The molecule has 2 rings (SSSR count). The second kappa shape index (κ2) is 5.89. The zero-order chi connectivity index (χ0) is 13.7. The van der Waals surface area contributed by atoms with E-state index in [2.05, 4.69) is 5.32 Å². The van der Waals surface area contributed by atoms with Crippen LogP contribution in [0.1, 0.15) is 5.76 Å². The van der Waals surface area contributed by atoms with Gasteiger partial charge in [-0.1, -0.05) is 23.7 Å². The van der Waals surface area contributed by atoms with Crippen LogP contribution in [0.3, 0.4) is 0 Å². The van der Waals surface area contributed by atoms with Gasteiger partial charge in [-0.15, -0.1) is 0 Å². The summed E-state index contributed by atoms with van der Waals surface area (Å²) in [7, 11) is 0. The molecule has 0 aliphatic carbocycles. The van der Waals surface area contributed by atoms with E-state index in [1.54, 1.807) is 36.4 Å². The SMILES string of the molecule is N#C/C(=C\c1ccco1)C(=O)Nc1ccccc1Cl. The van der Waals surface area contributed by atoms with E-state index in [0.29, 0.717) is 16.5 Å². The van der Waals surface area contributed by atoms with Gasteiger partial charge in [-0.2, -0.15) is 5.26 Å². The highest BCUT2D eigenvalue weighted by molar-refractivity contribution is 6.34. The fourth-order valence-corrected chi connectivity index (χ4v) is 1.60. The van der Waals surface area contributed by atoms with Crippen LogP contribution in [0.25, 0.3) is 6.08 Å². The fourth-order valence-electron chi connectivity index (χ4n) is 1.42. The van der Waals surface area contributed by atoms with Crippen molar-refractivity contribution in [1.82, 2.24) is 0 Å². The van der Waals surface area contributed by atoms with Crippen molar-refractivity contribution in [3.05, 3.63) is 59.0 Å². The van der Waals surface area contributed by atoms with Crippen LogP contribution in [0.15, 0.2) is 52.7 Å². The van der Waals surface area contributed by atoms with Crippen molar-refractivity contribution in [1.29, 1.82) is 5.26 Å². The van der Waals surface area contributed by atoms with Crippen molar-refractivity contribution in [2.75, 3.05) is 5.32 Å². The summed E-state index contributed by atoms with van der Waals surface area (Å²) < 4.78 is 5.06. The zero-order valence-electron chi connectivity index (χ0n) is 9.76. The molecule has 0 fully saturated rings. The molecule has 1 heterocycles. The van der Waals surface area contributed by atoms with Gasteiger partial charge in [0.1, 0.15) is 17.4 Å². The van der Waals surface area contributed by atoms with Crippen LogP contribution in [-0.2, 0) is 4.79 Å². The number of carbonyl (C=O) groups excluding carboxylic acids is 1. The van der Waals surface area contributed by atoms with E-state index < -0.39 is 5.91 Å². The van der Waals surface area contributed by atoms with Crippen LogP contribution in [0, 0.1) is 11.3 Å². The van der Waals surface area contributed by atoms with Crippen molar-refractivity contribution < 1.29 is 9.21 Å². The van der Waals surface area contributed by atoms with Gasteiger partial charge >= 0.3 is 0 Å². The molecule has 0 radical (unpaired) electrons. The zero-order valence-corrected chi connectivity index (χ0v) is 10.5. The van der Waals surface area contributed by atoms with Crippen LogP contribution < -0.4 is 5.32 Å². The number of rotatable bonds is 3. The Morgan fingerprint density at radius 1 is 1.32 bits per heavy atom. The molecule has 19 heavy (non-hydrogen) atoms. The van der Waals surface area contributed by atoms with Gasteiger partial charge in [0.25, 0.3) is 5.91 Å². The molecule has 1 N–H and O–H groups in total. The monoisotopic (exact) mass is 272 g/mol. The number of nitrogens with one attached hydrogen (secondary N) is 1. The second-order valence-corrected chi connectivity index (χ2v) is 4.03. The van der Waals surface area contributed by atoms with E-state index in [9.17, 15) is 4.79 Å². The number of hydrogen-bond donors (Lipinski definition) is 1. The van der Waals surface area contributed by atoms with Crippen LogP contribution in [0.5, 0.6) is 0 Å². The minimum absolute atomic E-state index is 0.0603. The minimum atomic E-state index is -0.535. The summed E-state index contributed by atoms with van der Waals surface area (Å²) in [6.07, 6.45) is 2.83. The molecular weight excluding hydrogens is 264 g/mol. The molecule has 1 aromatic heterocycles. The average molecular weight is 273 g/mol. The molecule has 0 aliphatic rings. The van der Waals surface area contributed by atoms with Crippen molar-refractivity contribution in [2.45, 2.75) is 0 Å². The number of carbonyl (C=O) groups is 1. The first-order valence-corrected chi connectivity index (χ1v) is 5.79. The highest BCUT2D eigenvalue weighted by Crippen LogP contribution is 2.21. The van der Waals surface area contributed by atoms with Crippen LogP contribution >= 0.6 is 11.6 Å². The lowest BCUT2D eigenvalue weighted by molar-refractivity contribution is -0.112. The standard InChI is InChI=1S/C14H9ClN2O2/c15-12-5-1-2-6-13(12)17-14(18)10(9-16)8-11-4-3-7-19-11/h1-8H,(H,17,18)/b10-8+. The van der Waals surface area contributed by atoms with Crippen LogP contribution in [-0.4, -0.2) is 5.91 Å². The Labute approximate surface area is 114 Å². The third-order valence-corrected chi connectivity index (χ3v) is 2.65.